The molecule has 124 valence electrons. The van der Waals surface area contributed by atoms with Crippen LogP contribution in [-0.2, 0) is 4.74 Å². The number of hydrogen-bond acceptors (Lipinski definition) is 4. The van der Waals surface area contributed by atoms with E-state index < -0.39 is 5.97 Å². The Morgan fingerprint density at radius 1 is 0.760 bits per heavy atom. The van der Waals surface area contributed by atoms with Crippen molar-refractivity contribution in [3.05, 3.63) is 90.0 Å². The van der Waals surface area contributed by atoms with Crippen LogP contribution >= 0.6 is 0 Å². The van der Waals surface area contributed by atoms with Gasteiger partial charge in [-0.15, -0.1) is 0 Å². The summed E-state index contributed by atoms with van der Waals surface area (Å²) in [5, 5.41) is 9.36. The Labute approximate surface area is 145 Å². The fourth-order valence-corrected chi connectivity index (χ4v) is 2.41. The molecule has 3 aromatic rings. The Hall–Kier alpha value is -3.40. The van der Waals surface area contributed by atoms with Crippen molar-refractivity contribution in [3.8, 4) is 16.9 Å². The Balaban J connectivity index is 1.63. The highest BCUT2D eigenvalue weighted by Gasteiger charge is 2.12. The molecular weight excluding hydrogens is 316 g/mol. The van der Waals surface area contributed by atoms with Gasteiger partial charge in [0.05, 0.1) is 5.56 Å². The van der Waals surface area contributed by atoms with Gasteiger partial charge in [0.2, 0.25) is 0 Å². The van der Waals surface area contributed by atoms with Gasteiger partial charge in [-0.3, -0.25) is 4.79 Å². The largest absolute Gasteiger partial charge is 0.508 e. The smallest absolute Gasteiger partial charge is 0.338 e. The number of ether oxygens (including phenoxy) is 1. The van der Waals surface area contributed by atoms with E-state index >= 15 is 0 Å². The molecule has 0 fully saturated rings. The first kappa shape index (κ1) is 16.5. The molecule has 0 aliphatic carbocycles. The average molecular weight is 332 g/mol. The van der Waals surface area contributed by atoms with E-state index in [1.165, 1.54) is 24.3 Å². The van der Waals surface area contributed by atoms with Crippen LogP contribution < -0.4 is 0 Å². The lowest BCUT2D eigenvalue weighted by molar-refractivity contribution is 0.0474. The van der Waals surface area contributed by atoms with E-state index in [4.69, 9.17) is 4.74 Å². The van der Waals surface area contributed by atoms with Crippen molar-refractivity contribution >= 4 is 11.8 Å². The van der Waals surface area contributed by atoms with Gasteiger partial charge in [0.15, 0.2) is 12.4 Å². The first-order chi connectivity index (χ1) is 12.1. The van der Waals surface area contributed by atoms with Crippen molar-refractivity contribution in [2.24, 2.45) is 0 Å². The number of aromatic hydroxyl groups is 1. The van der Waals surface area contributed by atoms with Gasteiger partial charge >= 0.3 is 5.97 Å². The predicted octanol–water partition coefficient (Wildman–Crippen LogP) is 4.10. The van der Waals surface area contributed by atoms with Crippen LogP contribution in [0.3, 0.4) is 0 Å². The first-order valence-corrected chi connectivity index (χ1v) is 7.78. The van der Waals surface area contributed by atoms with Crippen LogP contribution in [0, 0.1) is 0 Å². The van der Waals surface area contributed by atoms with Crippen LogP contribution in [0.2, 0.25) is 0 Å². The Morgan fingerprint density at radius 2 is 1.44 bits per heavy atom. The van der Waals surface area contributed by atoms with Crippen LogP contribution in [0.25, 0.3) is 11.1 Å². The number of rotatable bonds is 5. The monoisotopic (exact) mass is 332 g/mol. The maximum Gasteiger partial charge on any atom is 0.338 e. The normalized spacial score (nSPS) is 10.2. The molecule has 0 unspecified atom stereocenters. The molecule has 0 radical (unpaired) electrons. The van der Waals surface area contributed by atoms with E-state index in [2.05, 4.69) is 0 Å². The molecule has 0 spiro atoms. The zero-order chi connectivity index (χ0) is 17.6. The van der Waals surface area contributed by atoms with E-state index in [9.17, 15) is 14.7 Å². The second-order valence-corrected chi connectivity index (χ2v) is 5.49. The number of Topliss-reactive ketones (excluding diaryl/α,β-unsaturated/α-hetero) is 1. The second kappa shape index (κ2) is 7.45. The molecule has 25 heavy (non-hydrogen) atoms. The SMILES string of the molecule is O=C(COC(=O)c1cccc(O)c1)c1ccc(-c2ccccc2)cc1. The highest BCUT2D eigenvalue weighted by atomic mass is 16.5. The minimum atomic E-state index is -0.648. The number of phenols is 1. The molecule has 4 heteroatoms. The molecule has 4 nitrogen and oxygen atoms in total. The summed E-state index contributed by atoms with van der Waals surface area (Å²) in [6, 6.07) is 22.8. The lowest BCUT2D eigenvalue weighted by atomic mass is 10.0. The van der Waals surface area contributed by atoms with E-state index in [1.807, 2.05) is 42.5 Å². The highest BCUT2D eigenvalue weighted by molar-refractivity contribution is 5.99. The van der Waals surface area contributed by atoms with Crippen molar-refractivity contribution in [1.29, 1.82) is 0 Å². The minimum Gasteiger partial charge on any atom is -0.508 e. The number of esters is 1. The predicted molar refractivity (Wildman–Crippen MR) is 94.6 cm³/mol. The molecular formula is C21H16O4. The third-order valence-electron chi connectivity index (χ3n) is 3.73. The summed E-state index contributed by atoms with van der Waals surface area (Å²) in [7, 11) is 0. The lowest BCUT2D eigenvalue weighted by Crippen LogP contribution is -2.14. The molecule has 0 aromatic heterocycles. The number of carbonyl (C=O) groups excluding carboxylic acids is 2. The van der Waals surface area contributed by atoms with Gasteiger partial charge in [-0.1, -0.05) is 60.7 Å². The lowest BCUT2D eigenvalue weighted by Gasteiger charge is -2.06. The summed E-state index contributed by atoms with van der Waals surface area (Å²) < 4.78 is 5.01. The summed E-state index contributed by atoms with van der Waals surface area (Å²) in [6.07, 6.45) is 0. The van der Waals surface area contributed by atoms with E-state index in [0.29, 0.717) is 5.56 Å². The van der Waals surface area contributed by atoms with Crippen molar-refractivity contribution in [2.75, 3.05) is 6.61 Å². The van der Waals surface area contributed by atoms with Crippen LogP contribution in [0.5, 0.6) is 5.75 Å². The van der Waals surface area contributed by atoms with Crippen LogP contribution in [-0.4, -0.2) is 23.5 Å². The number of phenolic OH excluding ortho intramolecular Hbond substituents is 1. The topological polar surface area (TPSA) is 63.6 Å². The molecule has 0 amide bonds. The third kappa shape index (κ3) is 4.12. The van der Waals surface area contributed by atoms with E-state index in [0.717, 1.165) is 11.1 Å². The summed E-state index contributed by atoms with van der Waals surface area (Å²) in [5.74, 6) is -0.962. The Morgan fingerprint density at radius 3 is 2.12 bits per heavy atom. The standard InChI is InChI=1S/C21H16O4/c22-19-8-4-7-18(13-19)21(24)25-14-20(23)17-11-9-16(10-12-17)15-5-2-1-3-6-15/h1-13,22H,14H2. The van der Waals surface area contributed by atoms with Gasteiger partial charge in [-0.25, -0.2) is 4.79 Å². The maximum atomic E-state index is 12.2. The molecule has 0 saturated carbocycles. The van der Waals surface area contributed by atoms with Crippen molar-refractivity contribution in [3.63, 3.8) is 0 Å². The zero-order valence-electron chi connectivity index (χ0n) is 13.4. The van der Waals surface area contributed by atoms with Crippen molar-refractivity contribution in [2.45, 2.75) is 0 Å². The molecule has 0 bridgehead atoms. The molecule has 0 heterocycles. The molecule has 0 aliphatic heterocycles. The molecule has 3 aromatic carbocycles. The number of benzene rings is 3. The number of hydrogen-bond donors (Lipinski definition) is 1. The van der Waals surface area contributed by atoms with Gasteiger partial charge in [0.1, 0.15) is 5.75 Å². The summed E-state index contributed by atoms with van der Waals surface area (Å²) >= 11 is 0. The van der Waals surface area contributed by atoms with Crippen LogP contribution in [0.15, 0.2) is 78.9 Å². The van der Waals surface area contributed by atoms with Gasteiger partial charge < -0.3 is 9.84 Å². The molecule has 1 N–H and O–H groups in total. The summed E-state index contributed by atoms with van der Waals surface area (Å²) in [5.41, 5.74) is 2.75. The fraction of sp³-hybridized carbons (Fsp3) is 0.0476. The highest BCUT2D eigenvalue weighted by Crippen LogP contribution is 2.19. The Kier molecular flexibility index (Phi) is 4.90. The van der Waals surface area contributed by atoms with Crippen molar-refractivity contribution in [1.82, 2.24) is 0 Å². The molecule has 0 saturated heterocycles. The van der Waals surface area contributed by atoms with E-state index in [1.54, 1.807) is 12.1 Å². The molecule has 0 aliphatic rings. The number of carbonyl (C=O) groups is 2. The van der Waals surface area contributed by atoms with Crippen molar-refractivity contribution < 1.29 is 19.4 Å². The van der Waals surface area contributed by atoms with E-state index in [-0.39, 0.29) is 23.7 Å². The molecule has 3 rings (SSSR count). The van der Waals surface area contributed by atoms with Gasteiger partial charge in [-0.05, 0) is 29.3 Å². The minimum absolute atomic E-state index is 0.0303. The third-order valence-corrected chi connectivity index (χ3v) is 3.73. The maximum absolute atomic E-state index is 12.2. The van der Waals surface area contributed by atoms with Gasteiger partial charge in [-0.2, -0.15) is 0 Å². The second-order valence-electron chi connectivity index (χ2n) is 5.49. The Bertz CT molecular complexity index is 883. The van der Waals surface area contributed by atoms with Gasteiger partial charge in [0, 0.05) is 5.56 Å². The molecule has 0 atom stereocenters. The summed E-state index contributed by atoms with van der Waals surface area (Å²) in [4.78, 5) is 24.1. The van der Waals surface area contributed by atoms with Gasteiger partial charge in [0.25, 0.3) is 0 Å². The van der Waals surface area contributed by atoms with Crippen LogP contribution in [0.1, 0.15) is 20.7 Å². The fourth-order valence-electron chi connectivity index (χ4n) is 2.41. The zero-order valence-corrected chi connectivity index (χ0v) is 13.4. The average Bonchev–Trinajstić information content (AvgIpc) is 2.66. The van der Waals surface area contributed by atoms with Crippen LogP contribution in [0.4, 0.5) is 0 Å². The number of ketones is 1. The first-order valence-electron chi connectivity index (χ1n) is 7.78. The quantitative estimate of drug-likeness (QED) is 0.564. The summed E-state index contributed by atoms with van der Waals surface area (Å²) in [6.45, 7) is -0.348.